The second kappa shape index (κ2) is 4.93. The Bertz CT molecular complexity index is 391. The molecule has 0 bridgehead atoms. The highest BCUT2D eigenvalue weighted by atomic mass is 79.9. The minimum Gasteiger partial charge on any atom is -0.368 e. The molecular formula is C11H13BrN2O2. The highest BCUT2D eigenvalue weighted by Gasteiger charge is 2.27. The molecular weight excluding hydrogens is 272 g/mol. The fourth-order valence-corrected chi connectivity index (χ4v) is 2.26. The van der Waals surface area contributed by atoms with Crippen LogP contribution in [0.25, 0.3) is 0 Å². The first-order valence-electron chi connectivity index (χ1n) is 5.19. The Labute approximate surface area is 103 Å². The Hall–Kier alpha value is -0.940. The van der Waals surface area contributed by atoms with Crippen molar-refractivity contribution in [3.8, 4) is 0 Å². The molecule has 0 radical (unpaired) electrons. The molecule has 0 spiro atoms. The van der Waals surface area contributed by atoms with Gasteiger partial charge in [0, 0.05) is 26.0 Å². The molecule has 16 heavy (non-hydrogen) atoms. The average Bonchev–Trinajstić information content (AvgIpc) is 2.81. The lowest BCUT2D eigenvalue weighted by Crippen LogP contribution is -2.36. The monoisotopic (exact) mass is 284 g/mol. The number of carbonyl (C=O) groups is 1. The highest BCUT2D eigenvalue weighted by molar-refractivity contribution is 9.10. The van der Waals surface area contributed by atoms with Crippen molar-refractivity contribution in [1.29, 1.82) is 0 Å². The van der Waals surface area contributed by atoms with Crippen molar-refractivity contribution in [3.63, 3.8) is 0 Å². The van der Waals surface area contributed by atoms with Gasteiger partial charge >= 0.3 is 0 Å². The Morgan fingerprint density at radius 1 is 1.69 bits per heavy atom. The van der Waals surface area contributed by atoms with E-state index in [0.717, 1.165) is 23.0 Å². The van der Waals surface area contributed by atoms with Gasteiger partial charge in [0.1, 0.15) is 6.10 Å². The van der Waals surface area contributed by atoms with Crippen LogP contribution in [0.3, 0.4) is 0 Å². The molecule has 0 unspecified atom stereocenters. The van der Waals surface area contributed by atoms with Crippen LogP contribution in [0.5, 0.6) is 0 Å². The maximum atomic E-state index is 12.1. The predicted molar refractivity (Wildman–Crippen MR) is 64.3 cm³/mol. The minimum absolute atomic E-state index is 0.00407. The van der Waals surface area contributed by atoms with Gasteiger partial charge in [-0.2, -0.15) is 0 Å². The number of likely N-dealkylation sites (N-methyl/N-ethyl adjacent to an activating group) is 1. The molecule has 1 saturated heterocycles. The summed E-state index contributed by atoms with van der Waals surface area (Å²) in [5.74, 6) is 0.00407. The molecule has 2 rings (SSSR count). The van der Waals surface area contributed by atoms with Crippen LogP contribution in [-0.4, -0.2) is 30.6 Å². The highest BCUT2D eigenvalue weighted by Crippen LogP contribution is 2.25. The van der Waals surface area contributed by atoms with E-state index in [1.807, 2.05) is 0 Å². The van der Waals surface area contributed by atoms with Gasteiger partial charge in [0.15, 0.2) is 0 Å². The van der Waals surface area contributed by atoms with Crippen LogP contribution >= 0.6 is 15.9 Å². The average molecular weight is 285 g/mol. The van der Waals surface area contributed by atoms with E-state index in [-0.39, 0.29) is 12.0 Å². The summed E-state index contributed by atoms with van der Waals surface area (Å²) in [5.41, 5.74) is 0.815. The van der Waals surface area contributed by atoms with Gasteiger partial charge in [-0.15, -0.1) is 0 Å². The van der Waals surface area contributed by atoms with Crippen LogP contribution in [0, 0.1) is 0 Å². The van der Waals surface area contributed by atoms with Crippen molar-refractivity contribution in [2.45, 2.75) is 18.9 Å². The number of nitrogens with zero attached hydrogens (tertiary/aromatic N) is 2. The summed E-state index contributed by atoms with van der Waals surface area (Å²) in [6, 6.07) is 1.80. The standard InChI is InChI=1S/C11H13BrN2O2/c1-14(9-4-5-13-7-8(9)12)11(15)10-3-2-6-16-10/h4-5,7,10H,2-3,6H2,1H3/t10-/m1/s1. The smallest absolute Gasteiger partial charge is 0.255 e. The van der Waals surface area contributed by atoms with Crippen molar-refractivity contribution >= 4 is 27.5 Å². The van der Waals surface area contributed by atoms with Crippen LogP contribution in [0.1, 0.15) is 12.8 Å². The first kappa shape index (κ1) is 11.5. The first-order chi connectivity index (χ1) is 7.70. The summed E-state index contributed by atoms with van der Waals surface area (Å²) >= 11 is 3.38. The number of aromatic nitrogens is 1. The summed E-state index contributed by atoms with van der Waals surface area (Å²) in [4.78, 5) is 17.6. The maximum Gasteiger partial charge on any atom is 0.255 e. The lowest BCUT2D eigenvalue weighted by atomic mass is 10.2. The number of pyridine rings is 1. The van der Waals surface area contributed by atoms with Crippen molar-refractivity contribution in [3.05, 3.63) is 22.9 Å². The van der Waals surface area contributed by atoms with E-state index in [9.17, 15) is 4.79 Å². The lowest BCUT2D eigenvalue weighted by Gasteiger charge is -2.21. The summed E-state index contributed by atoms with van der Waals surface area (Å²) in [6.07, 6.45) is 4.83. The Morgan fingerprint density at radius 3 is 3.12 bits per heavy atom. The Kier molecular flexibility index (Phi) is 3.56. The number of ether oxygens (including phenoxy) is 1. The van der Waals surface area contributed by atoms with Gasteiger partial charge in [-0.25, -0.2) is 0 Å². The van der Waals surface area contributed by atoms with E-state index in [0.29, 0.717) is 6.61 Å². The number of hydrogen-bond acceptors (Lipinski definition) is 3. The van der Waals surface area contributed by atoms with Gasteiger partial charge in [-0.3, -0.25) is 9.78 Å². The molecule has 1 amide bonds. The van der Waals surface area contributed by atoms with E-state index in [1.54, 1.807) is 30.4 Å². The third kappa shape index (κ3) is 2.25. The zero-order chi connectivity index (χ0) is 11.5. The van der Waals surface area contributed by atoms with Gasteiger partial charge in [0.25, 0.3) is 5.91 Å². The van der Waals surface area contributed by atoms with Crippen LogP contribution in [0.15, 0.2) is 22.9 Å². The summed E-state index contributed by atoms with van der Waals surface area (Å²) in [5, 5.41) is 0. The number of amides is 1. The van der Waals surface area contributed by atoms with Gasteiger partial charge in [-0.05, 0) is 34.8 Å². The van der Waals surface area contributed by atoms with Crippen LogP contribution < -0.4 is 4.90 Å². The molecule has 0 aromatic carbocycles. The number of halogens is 1. The maximum absolute atomic E-state index is 12.1. The number of hydrogen-bond donors (Lipinski definition) is 0. The molecule has 1 aliphatic heterocycles. The van der Waals surface area contributed by atoms with Gasteiger partial charge < -0.3 is 9.64 Å². The van der Waals surface area contributed by atoms with Crippen LogP contribution in [-0.2, 0) is 9.53 Å². The Morgan fingerprint density at radius 2 is 2.50 bits per heavy atom. The predicted octanol–water partition coefficient (Wildman–Crippen LogP) is 1.99. The third-order valence-corrected chi connectivity index (χ3v) is 3.26. The van der Waals surface area contributed by atoms with Crippen LogP contribution in [0.4, 0.5) is 5.69 Å². The second-order valence-corrected chi connectivity index (χ2v) is 4.58. The fraction of sp³-hybridized carbons (Fsp3) is 0.455. The summed E-state index contributed by atoms with van der Waals surface area (Å²) < 4.78 is 6.18. The van der Waals surface area contributed by atoms with Crippen molar-refractivity contribution in [2.75, 3.05) is 18.6 Å². The van der Waals surface area contributed by atoms with Crippen molar-refractivity contribution < 1.29 is 9.53 Å². The molecule has 86 valence electrons. The SMILES string of the molecule is CN(C(=O)[C@H]1CCCO1)c1ccncc1Br. The largest absolute Gasteiger partial charge is 0.368 e. The fourth-order valence-electron chi connectivity index (χ4n) is 1.75. The number of anilines is 1. The topological polar surface area (TPSA) is 42.4 Å². The van der Waals surface area contributed by atoms with Crippen molar-refractivity contribution in [1.82, 2.24) is 4.98 Å². The molecule has 1 aliphatic rings. The second-order valence-electron chi connectivity index (χ2n) is 3.73. The molecule has 5 heteroatoms. The van der Waals surface area contributed by atoms with Crippen molar-refractivity contribution in [2.24, 2.45) is 0 Å². The van der Waals surface area contributed by atoms with Gasteiger partial charge in [0.2, 0.25) is 0 Å². The Balaban J connectivity index is 2.15. The zero-order valence-corrected chi connectivity index (χ0v) is 10.6. The molecule has 0 aliphatic carbocycles. The van der Waals surface area contributed by atoms with E-state index < -0.39 is 0 Å². The molecule has 1 atom stereocenters. The lowest BCUT2D eigenvalue weighted by molar-refractivity contribution is -0.127. The van der Waals surface area contributed by atoms with E-state index >= 15 is 0 Å². The first-order valence-corrected chi connectivity index (χ1v) is 5.98. The molecule has 1 fully saturated rings. The van der Waals surface area contributed by atoms with E-state index in [1.165, 1.54) is 0 Å². The number of carbonyl (C=O) groups excluding carboxylic acids is 1. The molecule has 0 saturated carbocycles. The molecule has 0 N–H and O–H groups in total. The number of rotatable bonds is 2. The molecule has 1 aromatic rings. The molecule has 4 nitrogen and oxygen atoms in total. The quantitative estimate of drug-likeness (QED) is 0.834. The van der Waals surface area contributed by atoms with Crippen LogP contribution in [0.2, 0.25) is 0 Å². The zero-order valence-electron chi connectivity index (χ0n) is 9.02. The summed E-state index contributed by atoms with van der Waals surface area (Å²) in [7, 11) is 1.75. The summed E-state index contributed by atoms with van der Waals surface area (Å²) in [6.45, 7) is 0.682. The minimum atomic E-state index is -0.287. The van der Waals surface area contributed by atoms with E-state index in [2.05, 4.69) is 20.9 Å². The van der Waals surface area contributed by atoms with Gasteiger partial charge in [0.05, 0.1) is 10.2 Å². The van der Waals surface area contributed by atoms with Gasteiger partial charge in [-0.1, -0.05) is 0 Å². The third-order valence-electron chi connectivity index (χ3n) is 2.65. The van der Waals surface area contributed by atoms with E-state index in [4.69, 9.17) is 4.74 Å². The molecule has 1 aromatic heterocycles. The molecule has 2 heterocycles. The normalized spacial score (nSPS) is 19.8.